The minimum atomic E-state index is 0.00272. The average Bonchev–Trinajstić information content (AvgIpc) is 2.35. The van der Waals surface area contributed by atoms with Gasteiger partial charge in [-0.15, -0.1) is 0 Å². The topological polar surface area (TPSA) is 29.1 Å². The quantitative estimate of drug-likeness (QED) is 0.808. The SMILES string of the molecule is O=C(NC1CCCCCCC1)c1ccc(Cl)c(Br)c1. The van der Waals surface area contributed by atoms with Gasteiger partial charge in [-0.05, 0) is 47.0 Å². The molecule has 1 aromatic rings. The van der Waals surface area contributed by atoms with Crippen molar-refractivity contribution < 1.29 is 4.79 Å². The Morgan fingerprint density at radius 3 is 2.42 bits per heavy atom. The molecule has 1 aliphatic rings. The lowest BCUT2D eigenvalue weighted by Crippen LogP contribution is -2.35. The number of rotatable bonds is 2. The van der Waals surface area contributed by atoms with Crippen molar-refractivity contribution in [2.45, 2.75) is 51.0 Å². The first-order chi connectivity index (χ1) is 9.16. The molecule has 0 atom stereocenters. The van der Waals surface area contributed by atoms with Crippen molar-refractivity contribution >= 4 is 33.4 Å². The second-order valence-corrected chi connectivity index (χ2v) is 6.41. The summed E-state index contributed by atoms with van der Waals surface area (Å²) < 4.78 is 0.763. The van der Waals surface area contributed by atoms with E-state index >= 15 is 0 Å². The van der Waals surface area contributed by atoms with E-state index in [4.69, 9.17) is 11.6 Å². The number of amides is 1. The van der Waals surface area contributed by atoms with E-state index in [1.165, 1.54) is 32.1 Å². The van der Waals surface area contributed by atoms with Gasteiger partial charge in [-0.3, -0.25) is 4.79 Å². The van der Waals surface area contributed by atoms with E-state index in [1.807, 2.05) is 0 Å². The minimum Gasteiger partial charge on any atom is -0.349 e. The molecule has 2 nitrogen and oxygen atoms in total. The van der Waals surface area contributed by atoms with E-state index in [-0.39, 0.29) is 5.91 Å². The number of carbonyl (C=O) groups is 1. The maximum Gasteiger partial charge on any atom is 0.251 e. The van der Waals surface area contributed by atoms with Crippen LogP contribution in [0.25, 0.3) is 0 Å². The number of hydrogen-bond donors (Lipinski definition) is 1. The van der Waals surface area contributed by atoms with E-state index in [0.717, 1.165) is 17.3 Å². The molecule has 4 heteroatoms. The van der Waals surface area contributed by atoms with Crippen LogP contribution in [0.3, 0.4) is 0 Å². The van der Waals surface area contributed by atoms with Crippen molar-refractivity contribution in [3.63, 3.8) is 0 Å². The molecule has 0 aromatic heterocycles. The van der Waals surface area contributed by atoms with E-state index in [2.05, 4.69) is 21.2 Å². The van der Waals surface area contributed by atoms with Crippen LogP contribution in [-0.2, 0) is 0 Å². The smallest absolute Gasteiger partial charge is 0.251 e. The minimum absolute atomic E-state index is 0.00272. The predicted molar refractivity (Wildman–Crippen MR) is 82.7 cm³/mol. The molecule has 1 N–H and O–H groups in total. The first kappa shape index (κ1) is 14.9. The van der Waals surface area contributed by atoms with Crippen LogP contribution in [0, 0.1) is 0 Å². The highest BCUT2D eigenvalue weighted by atomic mass is 79.9. The second-order valence-electron chi connectivity index (χ2n) is 5.14. The van der Waals surface area contributed by atoms with Crippen molar-refractivity contribution in [2.24, 2.45) is 0 Å². The average molecular weight is 345 g/mol. The Kier molecular flexibility index (Phi) is 5.71. The summed E-state index contributed by atoms with van der Waals surface area (Å²) in [5.41, 5.74) is 0.665. The third kappa shape index (κ3) is 4.50. The van der Waals surface area contributed by atoms with Crippen LogP contribution in [0.4, 0.5) is 0 Å². The number of carbonyl (C=O) groups excluding carboxylic acids is 1. The molecule has 0 aliphatic heterocycles. The van der Waals surface area contributed by atoms with Gasteiger partial charge in [-0.1, -0.05) is 43.7 Å². The molecule has 0 bridgehead atoms. The summed E-state index contributed by atoms with van der Waals surface area (Å²) in [7, 11) is 0. The van der Waals surface area contributed by atoms with Gasteiger partial charge in [0.2, 0.25) is 0 Å². The lowest BCUT2D eigenvalue weighted by Gasteiger charge is -2.21. The van der Waals surface area contributed by atoms with Crippen LogP contribution in [0.5, 0.6) is 0 Å². The third-order valence-electron chi connectivity index (χ3n) is 3.62. The van der Waals surface area contributed by atoms with E-state index < -0.39 is 0 Å². The predicted octanol–water partition coefficient (Wildman–Crippen LogP) is 4.95. The molecular weight excluding hydrogens is 326 g/mol. The summed E-state index contributed by atoms with van der Waals surface area (Å²) in [5.74, 6) is 0.00272. The summed E-state index contributed by atoms with van der Waals surface area (Å²) in [5, 5.41) is 3.77. The highest BCUT2D eigenvalue weighted by Gasteiger charge is 2.15. The molecule has 0 radical (unpaired) electrons. The van der Waals surface area contributed by atoms with E-state index in [9.17, 15) is 4.79 Å². The number of hydrogen-bond acceptors (Lipinski definition) is 1. The number of halogens is 2. The summed E-state index contributed by atoms with van der Waals surface area (Å²) in [4.78, 5) is 12.2. The van der Waals surface area contributed by atoms with Gasteiger partial charge >= 0.3 is 0 Å². The molecule has 0 saturated heterocycles. The molecule has 104 valence electrons. The van der Waals surface area contributed by atoms with Crippen molar-refractivity contribution in [2.75, 3.05) is 0 Å². The van der Waals surface area contributed by atoms with Crippen molar-refractivity contribution in [3.8, 4) is 0 Å². The Balaban J connectivity index is 1.96. The van der Waals surface area contributed by atoms with Crippen LogP contribution in [0.15, 0.2) is 22.7 Å². The van der Waals surface area contributed by atoms with Gasteiger partial charge in [0.05, 0.1) is 5.02 Å². The normalized spacial score (nSPS) is 17.6. The molecule has 0 spiro atoms. The summed E-state index contributed by atoms with van der Waals surface area (Å²) in [6.45, 7) is 0. The summed E-state index contributed by atoms with van der Waals surface area (Å²) in [6, 6.07) is 5.62. The molecule has 0 heterocycles. The maximum absolute atomic E-state index is 12.2. The van der Waals surface area contributed by atoms with Crippen molar-refractivity contribution in [3.05, 3.63) is 33.3 Å². The van der Waals surface area contributed by atoms with Gasteiger partial charge < -0.3 is 5.32 Å². The lowest BCUT2D eigenvalue weighted by molar-refractivity contribution is 0.0930. The zero-order chi connectivity index (χ0) is 13.7. The van der Waals surface area contributed by atoms with E-state index in [0.29, 0.717) is 16.6 Å². The Morgan fingerprint density at radius 2 is 1.79 bits per heavy atom. The first-order valence-electron chi connectivity index (χ1n) is 6.93. The largest absolute Gasteiger partial charge is 0.349 e. The molecule has 1 aromatic carbocycles. The first-order valence-corrected chi connectivity index (χ1v) is 8.10. The maximum atomic E-state index is 12.2. The third-order valence-corrected chi connectivity index (χ3v) is 4.84. The fourth-order valence-corrected chi connectivity index (χ4v) is 3.00. The summed E-state index contributed by atoms with van der Waals surface area (Å²) >= 11 is 9.29. The Bertz CT molecular complexity index is 442. The van der Waals surface area contributed by atoms with Gasteiger partial charge in [0.15, 0.2) is 0 Å². The zero-order valence-corrected chi connectivity index (χ0v) is 13.3. The molecule has 1 saturated carbocycles. The highest BCUT2D eigenvalue weighted by molar-refractivity contribution is 9.10. The summed E-state index contributed by atoms with van der Waals surface area (Å²) in [6.07, 6.45) is 8.55. The fourth-order valence-electron chi connectivity index (χ4n) is 2.51. The molecular formula is C15H19BrClNO. The van der Waals surface area contributed by atoms with Gasteiger partial charge in [0, 0.05) is 16.1 Å². The van der Waals surface area contributed by atoms with Gasteiger partial charge in [0.1, 0.15) is 0 Å². The van der Waals surface area contributed by atoms with Crippen LogP contribution in [0.2, 0.25) is 5.02 Å². The van der Waals surface area contributed by atoms with E-state index in [1.54, 1.807) is 18.2 Å². The molecule has 2 rings (SSSR count). The lowest BCUT2D eigenvalue weighted by atomic mass is 9.96. The van der Waals surface area contributed by atoms with Gasteiger partial charge in [-0.25, -0.2) is 0 Å². The van der Waals surface area contributed by atoms with Crippen LogP contribution >= 0.6 is 27.5 Å². The monoisotopic (exact) mass is 343 g/mol. The number of benzene rings is 1. The van der Waals surface area contributed by atoms with Gasteiger partial charge in [0.25, 0.3) is 5.91 Å². The van der Waals surface area contributed by atoms with Crippen molar-refractivity contribution in [1.29, 1.82) is 0 Å². The fraction of sp³-hybridized carbons (Fsp3) is 0.533. The zero-order valence-electron chi connectivity index (χ0n) is 10.9. The Morgan fingerprint density at radius 1 is 1.16 bits per heavy atom. The molecule has 1 amide bonds. The highest BCUT2D eigenvalue weighted by Crippen LogP contribution is 2.23. The van der Waals surface area contributed by atoms with Crippen molar-refractivity contribution in [1.82, 2.24) is 5.32 Å². The molecule has 1 aliphatic carbocycles. The Hall–Kier alpha value is -0.540. The van der Waals surface area contributed by atoms with Crippen LogP contribution < -0.4 is 5.32 Å². The molecule has 19 heavy (non-hydrogen) atoms. The molecule has 1 fully saturated rings. The van der Waals surface area contributed by atoms with Crippen LogP contribution in [0.1, 0.15) is 55.3 Å². The van der Waals surface area contributed by atoms with Gasteiger partial charge in [-0.2, -0.15) is 0 Å². The standard InChI is InChI=1S/C15H19BrClNO/c16-13-10-11(8-9-14(13)17)15(19)18-12-6-4-2-1-3-5-7-12/h8-10,12H,1-7H2,(H,18,19). The van der Waals surface area contributed by atoms with Crippen LogP contribution in [-0.4, -0.2) is 11.9 Å². The Labute approximate surface area is 128 Å². The molecule has 0 unspecified atom stereocenters. The number of nitrogens with one attached hydrogen (secondary N) is 1. The second kappa shape index (κ2) is 7.30.